The minimum absolute atomic E-state index is 0. The quantitative estimate of drug-likeness (QED) is 0.318. The van der Waals surface area contributed by atoms with E-state index in [1.165, 1.54) is 26.4 Å². The number of hydroxylamine groups is 1. The maximum atomic E-state index is 5.00. The number of hydrogen-bond acceptors (Lipinski definition) is 10. The van der Waals surface area contributed by atoms with Crippen LogP contribution in [0.3, 0.4) is 0 Å². The van der Waals surface area contributed by atoms with E-state index in [-0.39, 0.29) is 73.7 Å². The first-order valence-corrected chi connectivity index (χ1v) is 8.61. The fraction of sp³-hybridized carbons (Fsp3) is 1.00. The molecule has 0 amide bonds. The molecule has 0 bridgehead atoms. The van der Waals surface area contributed by atoms with Gasteiger partial charge in [-0.05, 0) is 47.5 Å². The second kappa shape index (κ2) is 48.5. The number of nitrogens with two attached hydrogens (primary N) is 4. The van der Waals surface area contributed by atoms with Crippen molar-refractivity contribution in [3.63, 3.8) is 0 Å². The third-order valence-electron chi connectivity index (χ3n) is 2.57. The second-order valence-corrected chi connectivity index (χ2v) is 6.46. The molecule has 0 unspecified atom stereocenters. The fourth-order valence-corrected chi connectivity index (χ4v) is 1.20. The van der Waals surface area contributed by atoms with Gasteiger partial charge in [0, 0.05) is 7.05 Å². The molecule has 1 fully saturated rings. The summed E-state index contributed by atoms with van der Waals surface area (Å²) in [5, 5.41) is 0. The molecule has 0 aliphatic heterocycles. The van der Waals surface area contributed by atoms with Crippen LogP contribution in [0.4, 0.5) is 0 Å². The maximum absolute atomic E-state index is 5.00. The van der Waals surface area contributed by atoms with Crippen molar-refractivity contribution in [3.05, 3.63) is 0 Å². The highest BCUT2D eigenvalue weighted by molar-refractivity contribution is 5.86. The molecule has 1 aliphatic rings. The summed E-state index contributed by atoms with van der Waals surface area (Å²) < 4.78 is 0. The van der Waals surface area contributed by atoms with Crippen molar-refractivity contribution in [2.45, 2.75) is 84.5 Å². The van der Waals surface area contributed by atoms with Crippen molar-refractivity contribution in [3.8, 4) is 0 Å². The molecule has 0 atom stereocenters. The van der Waals surface area contributed by atoms with E-state index in [0.29, 0.717) is 6.10 Å². The van der Waals surface area contributed by atoms with Gasteiger partial charge in [-0.25, -0.2) is 29.1 Å². The van der Waals surface area contributed by atoms with Crippen LogP contribution in [0, 0.1) is 0 Å². The van der Waals surface area contributed by atoms with Gasteiger partial charge in [0.1, 0.15) is 0 Å². The molecule has 1 rings (SSSR count). The van der Waals surface area contributed by atoms with Crippen LogP contribution in [0.2, 0.25) is 0 Å². The van der Waals surface area contributed by atoms with E-state index in [1.54, 1.807) is 14.2 Å². The lowest BCUT2D eigenvalue weighted by molar-refractivity contribution is -0.00428. The molecule has 15 heteroatoms. The highest BCUT2D eigenvalue weighted by Gasteiger charge is 2.11. The molecular formula is C16H50Cl5N5O5. The van der Waals surface area contributed by atoms with Crippen molar-refractivity contribution in [1.82, 2.24) is 5.48 Å². The summed E-state index contributed by atoms with van der Waals surface area (Å²) in [4.78, 5) is 21.4. The average Bonchev–Trinajstić information content (AvgIpc) is 2.63. The van der Waals surface area contributed by atoms with E-state index in [4.69, 9.17) is 16.6 Å². The standard InChI is InChI=1S/C6H13NO.C4H11NO.C3H9NO.C2H7NO.CH5NO.5ClH/c7-8-6-4-2-1-3-5-6;1-4(2,3)6-5;1-3(2)5-4;1-3-4-2;1-3-2;;;;;/h6H,1-5,7H2;5H2,1-3H3;3H,4H2,1-2H3;3H,1-2H3;2H2,1H3;5*1H. The number of rotatable bonds is 3. The first-order chi connectivity index (χ1) is 12.1. The molecule has 9 N–H and O–H groups in total. The van der Waals surface area contributed by atoms with Crippen LogP contribution in [0.15, 0.2) is 0 Å². The lowest BCUT2D eigenvalue weighted by Gasteiger charge is -2.18. The Bertz CT molecular complexity index is 243. The van der Waals surface area contributed by atoms with Crippen LogP contribution in [0.5, 0.6) is 0 Å². The van der Waals surface area contributed by atoms with E-state index >= 15 is 0 Å². The van der Waals surface area contributed by atoms with Crippen LogP contribution >= 0.6 is 62.0 Å². The summed E-state index contributed by atoms with van der Waals surface area (Å²) in [6.45, 7) is 9.44. The van der Waals surface area contributed by atoms with Crippen molar-refractivity contribution in [1.29, 1.82) is 0 Å². The van der Waals surface area contributed by atoms with Gasteiger partial charge in [-0.15, -0.1) is 62.0 Å². The molecule has 1 aliphatic carbocycles. The lowest BCUT2D eigenvalue weighted by atomic mass is 9.98. The summed E-state index contributed by atoms with van der Waals surface area (Å²) in [5.74, 6) is 18.8. The molecule has 10 nitrogen and oxygen atoms in total. The smallest absolute Gasteiger partial charge is 0.0810 e. The van der Waals surface area contributed by atoms with Gasteiger partial charge >= 0.3 is 0 Å². The van der Waals surface area contributed by atoms with Gasteiger partial charge in [0.15, 0.2) is 0 Å². The van der Waals surface area contributed by atoms with Gasteiger partial charge in [-0.2, -0.15) is 0 Å². The van der Waals surface area contributed by atoms with Gasteiger partial charge < -0.3 is 19.4 Å². The summed E-state index contributed by atoms with van der Waals surface area (Å²) in [5.41, 5.74) is 2.25. The van der Waals surface area contributed by atoms with Crippen LogP contribution in [0.1, 0.15) is 66.7 Å². The molecular weight excluding hydrogens is 519 g/mol. The average molecular weight is 570 g/mol. The molecule has 204 valence electrons. The van der Waals surface area contributed by atoms with Gasteiger partial charge in [-0.1, -0.05) is 19.3 Å². The number of halogens is 5. The molecule has 0 spiro atoms. The van der Waals surface area contributed by atoms with E-state index < -0.39 is 0 Å². The summed E-state index contributed by atoms with van der Waals surface area (Å²) >= 11 is 0. The normalized spacial score (nSPS) is 11.5. The Morgan fingerprint density at radius 2 is 1.06 bits per heavy atom. The number of hydrogen-bond donors (Lipinski definition) is 5. The van der Waals surface area contributed by atoms with Crippen molar-refractivity contribution in [2.75, 3.05) is 21.3 Å². The van der Waals surface area contributed by atoms with E-state index in [1.807, 2.05) is 34.6 Å². The van der Waals surface area contributed by atoms with E-state index in [0.717, 1.165) is 12.8 Å². The minimum atomic E-state index is -0.181. The van der Waals surface area contributed by atoms with Crippen molar-refractivity contribution < 1.29 is 24.2 Å². The Hall–Kier alpha value is 1.05. The summed E-state index contributed by atoms with van der Waals surface area (Å²) in [7, 11) is 4.68. The SMILES string of the molecule is CC(C)(C)ON.CC(C)ON.CNOC.CON.Cl.Cl.Cl.Cl.Cl.NOC1CCCCC1. The fourth-order valence-electron chi connectivity index (χ4n) is 1.20. The Labute approximate surface area is 220 Å². The molecule has 0 aromatic heterocycles. The largest absolute Gasteiger partial charge is 0.308 e. The van der Waals surface area contributed by atoms with E-state index in [2.05, 4.69) is 36.6 Å². The molecule has 0 aromatic carbocycles. The highest BCUT2D eigenvalue weighted by atomic mass is 35.5. The zero-order valence-electron chi connectivity index (χ0n) is 20.1. The lowest BCUT2D eigenvalue weighted by Crippen LogP contribution is -2.22. The van der Waals surface area contributed by atoms with Crippen LogP contribution in [-0.2, 0) is 24.2 Å². The first kappa shape index (κ1) is 58.2. The zero-order valence-corrected chi connectivity index (χ0v) is 24.2. The molecule has 0 aromatic rings. The Balaban J connectivity index is -0.0000000278. The predicted molar refractivity (Wildman–Crippen MR) is 141 cm³/mol. The Kier molecular flexibility index (Phi) is 90.9. The molecule has 0 heterocycles. The summed E-state index contributed by atoms with van der Waals surface area (Å²) in [6, 6.07) is 0. The molecule has 0 radical (unpaired) electrons. The third-order valence-corrected chi connectivity index (χ3v) is 2.57. The topological polar surface area (TPSA) is 162 Å². The van der Waals surface area contributed by atoms with Crippen molar-refractivity contribution >= 4 is 62.0 Å². The molecule has 31 heavy (non-hydrogen) atoms. The van der Waals surface area contributed by atoms with Crippen LogP contribution < -0.4 is 29.1 Å². The first-order valence-electron chi connectivity index (χ1n) is 8.61. The van der Waals surface area contributed by atoms with Gasteiger partial charge in [0.05, 0.1) is 32.0 Å². The monoisotopic (exact) mass is 567 g/mol. The Morgan fingerprint density at radius 1 is 0.806 bits per heavy atom. The van der Waals surface area contributed by atoms with Crippen molar-refractivity contribution in [2.24, 2.45) is 23.6 Å². The minimum Gasteiger partial charge on any atom is -0.308 e. The number of nitrogens with one attached hydrogen (secondary N) is 1. The summed E-state index contributed by atoms with van der Waals surface area (Å²) in [6.07, 6.45) is 6.80. The van der Waals surface area contributed by atoms with Crippen LogP contribution in [-0.4, -0.2) is 39.1 Å². The zero-order chi connectivity index (χ0) is 21.4. The Morgan fingerprint density at radius 3 is 1.16 bits per heavy atom. The predicted octanol–water partition coefficient (Wildman–Crippen LogP) is 3.55. The van der Waals surface area contributed by atoms with Crippen LogP contribution in [0.25, 0.3) is 0 Å². The van der Waals surface area contributed by atoms with Gasteiger partial charge in [0.2, 0.25) is 0 Å². The highest BCUT2D eigenvalue weighted by Crippen LogP contribution is 2.18. The maximum Gasteiger partial charge on any atom is 0.0810 e. The molecule has 1 saturated carbocycles. The van der Waals surface area contributed by atoms with E-state index in [9.17, 15) is 0 Å². The van der Waals surface area contributed by atoms with Gasteiger partial charge in [0.25, 0.3) is 0 Å². The van der Waals surface area contributed by atoms with Gasteiger partial charge in [-0.3, -0.25) is 4.84 Å². The second-order valence-electron chi connectivity index (χ2n) is 6.46. The molecule has 0 saturated heterocycles. The third kappa shape index (κ3) is 90.1.